The molecule has 0 saturated carbocycles. The Bertz CT molecular complexity index is 488. The SMILES string of the molecule is CCN(CC(C)C(=O)O)c1cccc(C)c1[N+](=O)[O-]. The zero-order valence-electron chi connectivity index (χ0n) is 11.3. The van der Waals surface area contributed by atoms with E-state index >= 15 is 0 Å². The van der Waals surface area contributed by atoms with E-state index in [2.05, 4.69) is 0 Å². The Hall–Kier alpha value is -2.11. The van der Waals surface area contributed by atoms with Gasteiger partial charge in [0.05, 0.1) is 10.8 Å². The number of carboxylic acid groups (broad SMARTS) is 1. The van der Waals surface area contributed by atoms with Gasteiger partial charge in [0, 0.05) is 18.7 Å². The molecule has 0 aliphatic heterocycles. The molecule has 1 rings (SSSR count). The minimum Gasteiger partial charge on any atom is -0.481 e. The Morgan fingerprint density at radius 1 is 1.53 bits per heavy atom. The van der Waals surface area contributed by atoms with Crippen molar-refractivity contribution in [1.82, 2.24) is 0 Å². The molecule has 0 bridgehead atoms. The molecule has 1 unspecified atom stereocenters. The van der Waals surface area contributed by atoms with Gasteiger partial charge in [-0.2, -0.15) is 0 Å². The first-order valence-electron chi connectivity index (χ1n) is 6.10. The maximum Gasteiger partial charge on any atom is 0.308 e. The molecule has 0 fully saturated rings. The first-order valence-corrected chi connectivity index (χ1v) is 6.10. The molecule has 0 saturated heterocycles. The minimum atomic E-state index is -0.909. The number of rotatable bonds is 6. The lowest BCUT2D eigenvalue weighted by atomic mass is 10.1. The number of para-hydroxylation sites is 1. The van der Waals surface area contributed by atoms with E-state index in [1.54, 1.807) is 36.9 Å². The summed E-state index contributed by atoms with van der Waals surface area (Å²) in [4.78, 5) is 23.4. The van der Waals surface area contributed by atoms with Gasteiger partial charge in [-0.25, -0.2) is 0 Å². The normalized spacial score (nSPS) is 11.9. The summed E-state index contributed by atoms with van der Waals surface area (Å²) in [6.45, 7) is 5.88. The summed E-state index contributed by atoms with van der Waals surface area (Å²) in [6.07, 6.45) is 0. The average molecular weight is 266 g/mol. The number of hydrogen-bond acceptors (Lipinski definition) is 4. The summed E-state index contributed by atoms with van der Waals surface area (Å²) in [6, 6.07) is 5.07. The fourth-order valence-corrected chi connectivity index (χ4v) is 1.94. The second kappa shape index (κ2) is 6.17. The summed E-state index contributed by atoms with van der Waals surface area (Å²) in [5, 5.41) is 20.1. The number of anilines is 1. The quantitative estimate of drug-likeness (QED) is 0.631. The molecule has 0 aliphatic carbocycles. The number of aliphatic carboxylic acids is 1. The molecule has 0 spiro atoms. The average Bonchev–Trinajstić information content (AvgIpc) is 2.34. The molecule has 6 nitrogen and oxygen atoms in total. The van der Waals surface area contributed by atoms with Crippen LogP contribution in [-0.4, -0.2) is 29.1 Å². The maximum atomic E-state index is 11.1. The molecule has 1 aromatic rings. The Labute approximate surface area is 111 Å². The van der Waals surface area contributed by atoms with E-state index in [1.807, 2.05) is 6.92 Å². The van der Waals surface area contributed by atoms with E-state index in [9.17, 15) is 14.9 Å². The van der Waals surface area contributed by atoms with Gasteiger partial charge in [-0.3, -0.25) is 14.9 Å². The van der Waals surface area contributed by atoms with E-state index in [0.29, 0.717) is 17.8 Å². The number of carbonyl (C=O) groups is 1. The molecule has 0 radical (unpaired) electrons. The van der Waals surface area contributed by atoms with E-state index in [-0.39, 0.29) is 12.2 Å². The Balaban J connectivity index is 3.15. The van der Waals surface area contributed by atoms with Crippen molar-refractivity contribution in [1.29, 1.82) is 0 Å². The Morgan fingerprint density at radius 3 is 2.63 bits per heavy atom. The summed E-state index contributed by atoms with van der Waals surface area (Å²) < 4.78 is 0. The zero-order chi connectivity index (χ0) is 14.6. The van der Waals surface area contributed by atoms with Gasteiger partial charge in [-0.15, -0.1) is 0 Å². The number of nitrogens with zero attached hydrogens (tertiary/aromatic N) is 2. The Morgan fingerprint density at radius 2 is 2.16 bits per heavy atom. The number of nitro groups is 1. The van der Waals surface area contributed by atoms with Crippen molar-refractivity contribution in [2.24, 2.45) is 5.92 Å². The van der Waals surface area contributed by atoms with E-state index < -0.39 is 16.8 Å². The van der Waals surface area contributed by atoms with E-state index in [1.165, 1.54) is 0 Å². The fraction of sp³-hybridized carbons (Fsp3) is 0.462. The van der Waals surface area contributed by atoms with Crippen LogP contribution in [0.2, 0.25) is 0 Å². The summed E-state index contributed by atoms with van der Waals surface area (Å²) in [7, 11) is 0. The van der Waals surface area contributed by atoms with Crippen molar-refractivity contribution in [2.45, 2.75) is 20.8 Å². The molecular formula is C13H18N2O4. The smallest absolute Gasteiger partial charge is 0.308 e. The van der Waals surface area contributed by atoms with Crippen LogP contribution in [0.15, 0.2) is 18.2 Å². The van der Waals surface area contributed by atoms with Crippen LogP contribution in [0.1, 0.15) is 19.4 Å². The van der Waals surface area contributed by atoms with Crippen LogP contribution in [0.5, 0.6) is 0 Å². The first-order chi connectivity index (χ1) is 8.88. The molecule has 0 amide bonds. The van der Waals surface area contributed by atoms with Gasteiger partial charge in [-0.05, 0) is 19.9 Å². The van der Waals surface area contributed by atoms with Crippen LogP contribution in [0.3, 0.4) is 0 Å². The monoisotopic (exact) mass is 266 g/mol. The molecule has 6 heteroatoms. The van der Waals surface area contributed by atoms with Crippen LogP contribution in [0, 0.1) is 23.0 Å². The van der Waals surface area contributed by atoms with Crippen LogP contribution in [0.4, 0.5) is 11.4 Å². The van der Waals surface area contributed by atoms with Crippen molar-refractivity contribution >= 4 is 17.3 Å². The zero-order valence-corrected chi connectivity index (χ0v) is 11.3. The number of carboxylic acids is 1. The van der Waals surface area contributed by atoms with E-state index in [0.717, 1.165) is 0 Å². The van der Waals surface area contributed by atoms with Crippen molar-refractivity contribution in [3.05, 3.63) is 33.9 Å². The van der Waals surface area contributed by atoms with Crippen LogP contribution < -0.4 is 4.90 Å². The van der Waals surface area contributed by atoms with Gasteiger partial charge in [-0.1, -0.05) is 19.1 Å². The summed E-state index contributed by atoms with van der Waals surface area (Å²) >= 11 is 0. The van der Waals surface area contributed by atoms with Crippen LogP contribution >= 0.6 is 0 Å². The highest BCUT2D eigenvalue weighted by Crippen LogP contribution is 2.31. The van der Waals surface area contributed by atoms with Crippen molar-refractivity contribution < 1.29 is 14.8 Å². The molecule has 0 aromatic heterocycles. The second-order valence-electron chi connectivity index (χ2n) is 4.48. The standard InChI is InChI=1S/C13H18N2O4/c1-4-14(8-10(3)13(16)17)11-7-5-6-9(2)12(11)15(18)19/h5-7,10H,4,8H2,1-3H3,(H,16,17). The van der Waals surface area contributed by atoms with Gasteiger partial charge in [0.25, 0.3) is 5.69 Å². The highest BCUT2D eigenvalue weighted by atomic mass is 16.6. The topological polar surface area (TPSA) is 83.7 Å². The molecular weight excluding hydrogens is 248 g/mol. The first kappa shape index (κ1) is 14.9. The van der Waals surface area contributed by atoms with Gasteiger partial charge < -0.3 is 10.0 Å². The number of hydrogen-bond donors (Lipinski definition) is 1. The number of nitro benzene ring substituents is 1. The Kier molecular flexibility index (Phi) is 4.86. The molecule has 104 valence electrons. The van der Waals surface area contributed by atoms with Gasteiger partial charge in [0.15, 0.2) is 0 Å². The highest BCUT2D eigenvalue weighted by molar-refractivity contribution is 5.72. The lowest BCUT2D eigenvalue weighted by molar-refractivity contribution is -0.384. The second-order valence-corrected chi connectivity index (χ2v) is 4.48. The van der Waals surface area contributed by atoms with Crippen LogP contribution in [-0.2, 0) is 4.79 Å². The molecule has 1 N–H and O–H groups in total. The van der Waals surface area contributed by atoms with Gasteiger partial charge >= 0.3 is 5.97 Å². The summed E-state index contributed by atoms with van der Waals surface area (Å²) in [5.74, 6) is -1.49. The predicted octanol–water partition coefficient (Wildman–Crippen LogP) is 2.45. The fourth-order valence-electron chi connectivity index (χ4n) is 1.94. The van der Waals surface area contributed by atoms with Crippen molar-refractivity contribution in [3.8, 4) is 0 Å². The van der Waals surface area contributed by atoms with Gasteiger partial charge in [0.2, 0.25) is 0 Å². The molecule has 1 atom stereocenters. The largest absolute Gasteiger partial charge is 0.481 e. The number of benzene rings is 1. The third-order valence-electron chi connectivity index (χ3n) is 3.04. The number of aryl methyl sites for hydroxylation is 1. The van der Waals surface area contributed by atoms with E-state index in [4.69, 9.17) is 5.11 Å². The maximum absolute atomic E-state index is 11.1. The molecule has 19 heavy (non-hydrogen) atoms. The van der Waals surface area contributed by atoms with Crippen LogP contribution in [0.25, 0.3) is 0 Å². The minimum absolute atomic E-state index is 0.0435. The summed E-state index contributed by atoms with van der Waals surface area (Å²) in [5.41, 5.74) is 1.09. The third-order valence-corrected chi connectivity index (χ3v) is 3.04. The predicted molar refractivity (Wildman–Crippen MR) is 72.5 cm³/mol. The lowest BCUT2D eigenvalue weighted by Crippen LogP contribution is -2.32. The van der Waals surface area contributed by atoms with Gasteiger partial charge in [0.1, 0.15) is 5.69 Å². The molecule has 1 aromatic carbocycles. The van der Waals surface area contributed by atoms with Crippen molar-refractivity contribution in [2.75, 3.05) is 18.0 Å². The third kappa shape index (κ3) is 3.43. The van der Waals surface area contributed by atoms with Crippen molar-refractivity contribution in [3.63, 3.8) is 0 Å². The highest BCUT2D eigenvalue weighted by Gasteiger charge is 2.23. The molecule has 0 heterocycles. The lowest BCUT2D eigenvalue weighted by Gasteiger charge is -2.25. The molecule has 0 aliphatic rings.